The van der Waals surface area contributed by atoms with Gasteiger partial charge in [0.25, 0.3) is 0 Å². The van der Waals surface area contributed by atoms with Crippen LogP contribution in [0.15, 0.2) is 22.2 Å². The van der Waals surface area contributed by atoms with E-state index in [2.05, 4.69) is 46.1 Å². The van der Waals surface area contributed by atoms with Crippen molar-refractivity contribution in [1.29, 1.82) is 0 Å². The van der Waals surface area contributed by atoms with E-state index in [0.717, 1.165) is 36.8 Å². The van der Waals surface area contributed by atoms with Gasteiger partial charge >= 0.3 is 0 Å². The van der Waals surface area contributed by atoms with E-state index in [0.29, 0.717) is 6.04 Å². The summed E-state index contributed by atoms with van der Waals surface area (Å²) in [6.45, 7) is 2.57. The Hall–Kier alpha value is -0.790. The molecule has 1 aliphatic rings. The molecule has 2 unspecified atom stereocenters. The number of thiophene rings is 1. The highest BCUT2D eigenvalue weighted by molar-refractivity contribution is 7.14. The molecular formula is C15H21N3OS2. The van der Waals surface area contributed by atoms with Crippen molar-refractivity contribution in [3.63, 3.8) is 0 Å². The van der Waals surface area contributed by atoms with Crippen molar-refractivity contribution in [2.45, 2.75) is 25.1 Å². The molecule has 21 heavy (non-hydrogen) atoms. The molecule has 4 nitrogen and oxygen atoms in total. The standard InChI is InChI=1S/C15H21N3OS2/c1-17(2)7-13-5-14(19)8-18(13)6-12-10-21-15(16-12)11-3-4-20-9-11/h3-4,9-10,13-14,19H,5-8H2,1-2H3. The summed E-state index contributed by atoms with van der Waals surface area (Å²) in [4.78, 5) is 9.29. The Bertz CT molecular complexity index is 567. The van der Waals surface area contributed by atoms with Crippen molar-refractivity contribution in [2.24, 2.45) is 0 Å². The summed E-state index contributed by atoms with van der Waals surface area (Å²) in [5.41, 5.74) is 2.32. The van der Waals surface area contributed by atoms with Gasteiger partial charge in [-0.05, 0) is 32.0 Å². The molecule has 1 saturated heterocycles. The van der Waals surface area contributed by atoms with Gasteiger partial charge in [0, 0.05) is 42.0 Å². The lowest BCUT2D eigenvalue weighted by Crippen LogP contribution is -2.37. The monoisotopic (exact) mass is 323 g/mol. The average molecular weight is 323 g/mol. The number of aliphatic hydroxyl groups is 1. The fraction of sp³-hybridized carbons (Fsp3) is 0.533. The van der Waals surface area contributed by atoms with Gasteiger partial charge in [-0.3, -0.25) is 4.90 Å². The molecule has 3 rings (SSSR count). The van der Waals surface area contributed by atoms with Gasteiger partial charge in [0.2, 0.25) is 0 Å². The largest absolute Gasteiger partial charge is 0.392 e. The Balaban J connectivity index is 1.68. The lowest BCUT2D eigenvalue weighted by molar-refractivity contribution is 0.168. The normalized spacial score (nSPS) is 23.2. The third kappa shape index (κ3) is 3.70. The molecule has 1 N–H and O–H groups in total. The van der Waals surface area contributed by atoms with E-state index in [1.807, 2.05) is 0 Å². The number of aromatic nitrogens is 1. The Morgan fingerprint density at radius 1 is 1.43 bits per heavy atom. The van der Waals surface area contributed by atoms with E-state index >= 15 is 0 Å². The lowest BCUT2D eigenvalue weighted by atomic mass is 10.2. The summed E-state index contributed by atoms with van der Waals surface area (Å²) in [6.07, 6.45) is 0.657. The maximum atomic E-state index is 9.94. The van der Waals surface area contributed by atoms with E-state index in [1.165, 1.54) is 5.56 Å². The highest BCUT2D eigenvalue weighted by atomic mass is 32.1. The number of rotatable bonds is 5. The summed E-state index contributed by atoms with van der Waals surface area (Å²) in [7, 11) is 4.17. The van der Waals surface area contributed by atoms with Crippen LogP contribution < -0.4 is 0 Å². The highest BCUT2D eigenvalue weighted by Gasteiger charge is 2.31. The predicted molar refractivity (Wildman–Crippen MR) is 88.8 cm³/mol. The van der Waals surface area contributed by atoms with Crippen LogP contribution >= 0.6 is 22.7 Å². The van der Waals surface area contributed by atoms with Gasteiger partial charge in [-0.25, -0.2) is 4.98 Å². The van der Waals surface area contributed by atoms with Crippen LogP contribution in [0, 0.1) is 0 Å². The molecule has 0 aromatic carbocycles. The van der Waals surface area contributed by atoms with Gasteiger partial charge in [0.05, 0.1) is 11.8 Å². The summed E-state index contributed by atoms with van der Waals surface area (Å²) in [6, 6.07) is 2.53. The van der Waals surface area contributed by atoms with Crippen LogP contribution in [0.3, 0.4) is 0 Å². The van der Waals surface area contributed by atoms with E-state index in [4.69, 9.17) is 4.98 Å². The fourth-order valence-corrected chi connectivity index (χ4v) is 4.39. The molecule has 0 radical (unpaired) electrons. The third-order valence-electron chi connectivity index (χ3n) is 3.77. The molecule has 0 bridgehead atoms. The quantitative estimate of drug-likeness (QED) is 0.917. The summed E-state index contributed by atoms with van der Waals surface area (Å²) < 4.78 is 0. The molecular weight excluding hydrogens is 302 g/mol. The molecule has 1 aliphatic heterocycles. The van der Waals surface area contributed by atoms with Gasteiger partial charge in [0.15, 0.2) is 0 Å². The minimum Gasteiger partial charge on any atom is -0.392 e. The first kappa shape index (κ1) is 15.1. The van der Waals surface area contributed by atoms with Crippen LogP contribution in [0.4, 0.5) is 0 Å². The predicted octanol–water partition coefficient (Wildman–Crippen LogP) is 2.37. The van der Waals surface area contributed by atoms with E-state index in [1.54, 1.807) is 22.7 Å². The zero-order valence-corrected chi connectivity index (χ0v) is 14.0. The van der Waals surface area contributed by atoms with Gasteiger partial charge in [-0.15, -0.1) is 11.3 Å². The van der Waals surface area contributed by atoms with Crippen molar-refractivity contribution in [3.05, 3.63) is 27.9 Å². The molecule has 1 fully saturated rings. The molecule has 2 aromatic heterocycles. The molecule has 6 heteroatoms. The summed E-state index contributed by atoms with van der Waals surface area (Å²) >= 11 is 3.40. The Kier molecular flexibility index (Phi) is 4.71. The first-order chi connectivity index (χ1) is 10.1. The zero-order chi connectivity index (χ0) is 14.8. The Morgan fingerprint density at radius 3 is 3.00 bits per heavy atom. The van der Waals surface area contributed by atoms with Crippen molar-refractivity contribution in [3.8, 4) is 10.6 Å². The lowest BCUT2D eigenvalue weighted by Gasteiger charge is -2.25. The van der Waals surface area contributed by atoms with Gasteiger partial charge in [-0.1, -0.05) is 0 Å². The molecule has 0 spiro atoms. The minimum atomic E-state index is -0.204. The second-order valence-electron chi connectivity index (χ2n) is 5.89. The number of hydrogen-bond donors (Lipinski definition) is 1. The first-order valence-corrected chi connectivity index (χ1v) is 8.98. The maximum Gasteiger partial charge on any atom is 0.124 e. The van der Waals surface area contributed by atoms with Crippen LogP contribution in [0.1, 0.15) is 12.1 Å². The number of likely N-dealkylation sites (N-methyl/N-ethyl adjacent to an activating group) is 1. The maximum absolute atomic E-state index is 9.94. The van der Waals surface area contributed by atoms with Crippen LogP contribution in [-0.2, 0) is 6.54 Å². The van der Waals surface area contributed by atoms with E-state index in [9.17, 15) is 5.11 Å². The van der Waals surface area contributed by atoms with Crippen LogP contribution in [-0.4, -0.2) is 59.2 Å². The van der Waals surface area contributed by atoms with E-state index in [-0.39, 0.29) is 6.10 Å². The van der Waals surface area contributed by atoms with Crippen molar-refractivity contribution < 1.29 is 5.11 Å². The summed E-state index contributed by atoms with van der Waals surface area (Å²) in [5.74, 6) is 0. The molecule has 3 heterocycles. The molecule has 0 saturated carbocycles. The van der Waals surface area contributed by atoms with Crippen LogP contribution in [0.25, 0.3) is 10.6 Å². The smallest absolute Gasteiger partial charge is 0.124 e. The molecule has 114 valence electrons. The molecule has 2 aromatic rings. The number of β-amino-alcohol motifs (C(OH)–C–C–N with tert-alkyl or cyclic N) is 1. The Morgan fingerprint density at radius 2 is 2.29 bits per heavy atom. The third-order valence-corrected chi connectivity index (χ3v) is 5.39. The summed E-state index contributed by atoms with van der Waals surface area (Å²) in [5, 5.41) is 17.4. The van der Waals surface area contributed by atoms with Crippen molar-refractivity contribution >= 4 is 22.7 Å². The molecule has 0 amide bonds. The molecule has 2 atom stereocenters. The van der Waals surface area contributed by atoms with Gasteiger partial charge in [0.1, 0.15) is 5.01 Å². The number of nitrogens with zero attached hydrogens (tertiary/aromatic N) is 3. The van der Waals surface area contributed by atoms with E-state index < -0.39 is 0 Å². The average Bonchev–Trinajstić information content (AvgIpc) is 3.11. The topological polar surface area (TPSA) is 39.6 Å². The van der Waals surface area contributed by atoms with Gasteiger partial charge in [-0.2, -0.15) is 11.3 Å². The van der Waals surface area contributed by atoms with Crippen LogP contribution in [0.5, 0.6) is 0 Å². The number of hydrogen-bond acceptors (Lipinski definition) is 6. The zero-order valence-electron chi connectivity index (χ0n) is 12.4. The minimum absolute atomic E-state index is 0.204. The highest BCUT2D eigenvalue weighted by Crippen LogP contribution is 2.27. The van der Waals surface area contributed by atoms with Gasteiger partial charge < -0.3 is 10.0 Å². The first-order valence-electron chi connectivity index (χ1n) is 7.15. The van der Waals surface area contributed by atoms with Crippen molar-refractivity contribution in [2.75, 3.05) is 27.2 Å². The number of likely N-dealkylation sites (tertiary alicyclic amines) is 1. The second-order valence-corrected chi connectivity index (χ2v) is 7.53. The molecule has 0 aliphatic carbocycles. The van der Waals surface area contributed by atoms with Crippen LogP contribution in [0.2, 0.25) is 0 Å². The fourth-order valence-electron chi connectivity index (χ4n) is 2.87. The number of thiazole rings is 1. The number of aliphatic hydroxyl groups excluding tert-OH is 1. The second kappa shape index (κ2) is 6.54. The Labute approximate surface area is 133 Å². The van der Waals surface area contributed by atoms with Crippen molar-refractivity contribution in [1.82, 2.24) is 14.8 Å². The SMILES string of the molecule is CN(C)CC1CC(O)CN1Cc1csc(-c2ccsc2)n1.